The Morgan fingerprint density at radius 3 is 2.68 bits per heavy atom. The highest BCUT2D eigenvalue weighted by atomic mass is 19.1. The summed E-state index contributed by atoms with van der Waals surface area (Å²) in [5.74, 6) is -0.278. The number of hydrogen-bond acceptors (Lipinski definition) is 5. The van der Waals surface area contributed by atoms with Gasteiger partial charge in [-0.1, -0.05) is 0 Å². The number of halogens is 1. The van der Waals surface area contributed by atoms with Crippen LogP contribution < -0.4 is 16.2 Å². The van der Waals surface area contributed by atoms with Crippen LogP contribution in [0.25, 0.3) is 5.69 Å². The van der Waals surface area contributed by atoms with Gasteiger partial charge in [0.15, 0.2) is 0 Å². The predicted molar refractivity (Wildman–Crippen MR) is 90.5 cm³/mol. The van der Waals surface area contributed by atoms with Crippen molar-refractivity contribution in [3.05, 3.63) is 51.8 Å². The molecule has 0 saturated carbocycles. The van der Waals surface area contributed by atoms with Gasteiger partial charge in [0, 0.05) is 19.2 Å². The minimum atomic E-state index is -0.598. The van der Waals surface area contributed by atoms with Crippen molar-refractivity contribution in [2.75, 3.05) is 31.2 Å². The van der Waals surface area contributed by atoms with E-state index in [4.69, 9.17) is 10.5 Å². The van der Waals surface area contributed by atoms with E-state index in [1.54, 1.807) is 6.92 Å². The molecule has 0 radical (unpaired) electrons. The van der Waals surface area contributed by atoms with Crippen LogP contribution in [0, 0.1) is 12.7 Å². The number of ether oxygens (including phenoxy) is 1. The molecule has 1 aromatic heterocycles. The minimum Gasteiger partial charge on any atom is -0.378 e. The summed E-state index contributed by atoms with van der Waals surface area (Å²) in [6.07, 6.45) is -0.190. The van der Waals surface area contributed by atoms with Crippen LogP contribution in [0.15, 0.2) is 29.1 Å². The number of morpholine rings is 1. The third-order valence-electron chi connectivity index (χ3n) is 4.04. The van der Waals surface area contributed by atoms with Crippen molar-refractivity contribution in [1.29, 1.82) is 0 Å². The van der Waals surface area contributed by atoms with Gasteiger partial charge in [0.1, 0.15) is 17.5 Å². The highest BCUT2D eigenvalue weighted by Gasteiger charge is 2.19. The average Bonchev–Trinajstić information content (AvgIpc) is 2.56. The summed E-state index contributed by atoms with van der Waals surface area (Å²) >= 11 is 0. The molecular weight excluding hydrogens is 327 g/mol. The summed E-state index contributed by atoms with van der Waals surface area (Å²) in [6, 6.07) is 5.50. The number of nitrogens with two attached hydrogens (primary N) is 1. The fourth-order valence-corrected chi connectivity index (χ4v) is 2.87. The second kappa shape index (κ2) is 7.02. The monoisotopic (exact) mass is 346 g/mol. The molecule has 1 fully saturated rings. The van der Waals surface area contributed by atoms with Crippen LogP contribution in [-0.2, 0) is 16.0 Å². The highest BCUT2D eigenvalue weighted by Crippen LogP contribution is 2.18. The molecule has 7 nitrogen and oxygen atoms in total. The summed E-state index contributed by atoms with van der Waals surface area (Å²) in [6.45, 7) is 4.01. The summed E-state index contributed by atoms with van der Waals surface area (Å²) in [5, 5.41) is 0. The number of benzene rings is 1. The maximum Gasteiger partial charge on any atom is 0.260 e. The lowest BCUT2D eigenvalue weighted by Gasteiger charge is -2.28. The van der Waals surface area contributed by atoms with Crippen LogP contribution in [0.4, 0.5) is 10.2 Å². The SMILES string of the molecule is Cc1cc(F)ccc1-n1c(CC(N)=O)nc(N2CCOCC2)cc1=O. The van der Waals surface area contributed by atoms with Crippen LogP contribution in [0.1, 0.15) is 11.4 Å². The lowest BCUT2D eigenvalue weighted by Crippen LogP contribution is -2.38. The number of anilines is 1. The first-order valence-corrected chi connectivity index (χ1v) is 7.96. The molecule has 8 heteroatoms. The molecule has 2 aromatic rings. The van der Waals surface area contributed by atoms with Gasteiger partial charge in [0.25, 0.3) is 5.56 Å². The third-order valence-corrected chi connectivity index (χ3v) is 4.04. The molecule has 0 aliphatic carbocycles. The molecular formula is C17H19FN4O3. The maximum absolute atomic E-state index is 13.4. The maximum atomic E-state index is 13.4. The van der Waals surface area contributed by atoms with E-state index in [-0.39, 0.29) is 17.8 Å². The number of rotatable bonds is 4. The molecule has 0 atom stereocenters. The first-order valence-electron chi connectivity index (χ1n) is 7.96. The van der Waals surface area contributed by atoms with Crippen molar-refractivity contribution in [1.82, 2.24) is 9.55 Å². The summed E-state index contributed by atoms with van der Waals surface area (Å²) in [5.41, 5.74) is 6.02. The van der Waals surface area contributed by atoms with Gasteiger partial charge in [0.2, 0.25) is 5.91 Å². The Bertz CT molecular complexity index is 859. The van der Waals surface area contributed by atoms with Crippen LogP contribution >= 0.6 is 0 Å². The second-order valence-corrected chi connectivity index (χ2v) is 5.88. The molecule has 0 unspecified atom stereocenters. The number of aryl methyl sites for hydroxylation is 1. The fraction of sp³-hybridized carbons (Fsp3) is 0.353. The van der Waals surface area contributed by atoms with Crippen molar-refractivity contribution < 1.29 is 13.9 Å². The van der Waals surface area contributed by atoms with E-state index < -0.39 is 11.7 Å². The molecule has 1 saturated heterocycles. The standard InChI is InChI=1S/C17H19FN4O3/c1-11-8-12(18)2-3-13(11)22-16(9-14(19)23)20-15(10-17(22)24)21-4-6-25-7-5-21/h2-3,8,10H,4-7,9H2,1H3,(H2,19,23). The number of carbonyl (C=O) groups is 1. The quantitative estimate of drug-likeness (QED) is 0.873. The van der Waals surface area contributed by atoms with Crippen LogP contribution in [0.5, 0.6) is 0 Å². The molecule has 0 spiro atoms. The highest BCUT2D eigenvalue weighted by molar-refractivity contribution is 5.76. The molecule has 1 aliphatic rings. The smallest absolute Gasteiger partial charge is 0.260 e. The minimum absolute atomic E-state index is 0.190. The fourth-order valence-electron chi connectivity index (χ4n) is 2.87. The van der Waals surface area contributed by atoms with Crippen molar-refractivity contribution in [2.24, 2.45) is 5.73 Å². The van der Waals surface area contributed by atoms with Crippen molar-refractivity contribution in [3.8, 4) is 5.69 Å². The molecule has 1 amide bonds. The predicted octanol–water partition coefficient (Wildman–Crippen LogP) is 0.544. The van der Waals surface area contributed by atoms with Crippen molar-refractivity contribution in [2.45, 2.75) is 13.3 Å². The number of primary amides is 1. The molecule has 1 aromatic carbocycles. The number of aromatic nitrogens is 2. The molecule has 132 valence electrons. The molecule has 0 bridgehead atoms. The van der Waals surface area contributed by atoms with Gasteiger partial charge in [-0.3, -0.25) is 14.2 Å². The number of carbonyl (C=O) groups excluding carboxylic acids is 1. The van der Waals surface area contributed by atoms with E-state index in [0.717, 1.165) is 0 Å². The average molecular weight is 346 g/mol. The molecule has 2 N–H and O–H groups in total. The lowest BCUT2D eigenvalue weighted by atomic mass is 10.2. The number of hydrogen-bond donors (Lipinski definition) is 1. The van der Waals surface area contributed by atoms with Gasteiger partial charge in [-0.15, -0.1) is 0 Å². The normalized spacial score (nSPS) is 14.6. The van der Waals surface area contributed by atoms with Gasteiger partial charge in [0.05, 0.1) is 25.3 Å². The van der Waals surface area contributed by atoms with E-state index >= 15 is 0 Å². The summed E-state index contributed by atoms with van der Waals surface area (Å²) in [4.78, 5) is 30.6. The zero-order valence-corrected chi connectivity index (χ0v) is 13.9. The van der Waals surface area contributed by atoms with Crippen LogP contribution in [0.3, 0.4) is 0 Å². The van der Waals surface area contributed by atoms with Crippen LogP contribution in [0.2, 0.25) is 0 Å². The van der Waals surface area contributed by atoms with Gasteiger partial charge in [-0.25, -0.2) is 9.37 Å². The zero-order chi connectivity index (χ0) is 18.0. The molecule has 25 heavy (non-hydrogen) atoms. The van der Waals surface area contributed by atoms with Gasteiger partial charge >= 0.3 is 0 Å². The largest absolute Gasteiger partial charge is 0.378 e. The van der Waals surface area contributed by atoms with Gasteiger partial charge < -0.3 is 15.4 Å². The van der Waals surface area contributed by atoms with E-state index in [9.17, 15) is 14.0 Å². The van der Waals surface area contributed by atoms with E-state index in [1.807, 2.05) is 4.90 Å². The number of nitrogens with zero attached hydrogens (tertiary/aromatic N) is 3. The van der Waals surface area contributed by atoms with Gasteiger partial charge in [-0.05, 0) is 30.7 Å². The van der Waals surface area contributed by atoms with Gasteiger partial charge in [-0.2, -0.15) is 0 Å². The van der Waals surface area contributed by atoms with E-state index in [0.29, 0.717) is 43.4 Å². The lowest BCUT2D eigenvalue weighted by molar-refractivity contribution is -0.117. The number of amides is 1. The Labute approximate surface area is 143 Å². The second-order valence-electron chi connectivity index (χ2n) is 5.88. The molecule has 2 heterocycles. The zero-order valence-electron chi connectivity index (χ0n) is 13.9. The Balaban J connectivity index is 2.13. The van der Waals surface area contributed by atoms with Crippen molar-refractivity contribution >= 4 is 11.7 Å². The van der Waals surface area contributed by atoms with E-state index in [2.05, 4.69) is 4.98 Å². The van der Waals surface area contributed by atoms with Crippen LogP contribution in [-0.4, -0.2) is 41.8 Å². The summed E-state index contributed by atoms with van der Waals surface area (Å²) < 4.78 is 20.0. The Morgan fingerprint density at radius 2 is 2.04 bits per heavy atom. The summed E-state index contributed by atoms with van der Waals surface area (Å²) in [7, 11) is 0. The topological polar surface area (TPSA) is 90.4 Å². The molecule has 1 aliphatic heterocycles. The Morgan fingerprint density at radius 1 is 1.32 bits per heavy atom. The molecule has 3 rings (SSSR count). The van der Waals surface area contributed by atoms with E-state index in [1.165, 1.54) is 28.8 Å². The Kier molecular flexibility index (Phi) is 4.80. The first kappa shape index (κ1) is 17.1. The van der Waals surface area contributed by atoms with Crippen molar-refractivity contribution in [3.63, 3.8) is 0 Å². The Hall–Kier alpha value is -2.74. The third kappa shape index (κ3) is 3.69. The first-order chi connectivity index (χ1) is 12.0.